The van der Waals surface area contributed by atoms with Gasteiger partial charge in [0.25, 0.3) is 0 Å². The Balaban J connectivity index is 2.45. The molecule has 0 amide bonds. The van der Waals surface area contributed by atoms with Gasteiger partial charge in [-0.2, -0.15) is 5.26 Å². The maximum Gasteiger partial charge on any atom is 0.0983 e. The molecular weight excluding hydrogens is 208 g/mol. The largest absolute Gasteiger partial charge is 0.298 e. The normalized spacial score (nSPS) is 27.2. The summed E-state index contributed by atoms with van der Waals surface area (Å²) in [5.74, 6) is 1.34. The van der Waals surface area contributed by atoms with Crippen molar-refractivity contribution in [3.05, 3.63) is 12.7 Å². The minimum atomic E-state index is 0.00826. The van der Waals surface area contributed by atoms with E-state index in [-0.39, 0.29) is 6.04 Å². The maximum atomic E-state index is 9.18. The molecule has 1 atom stereocenters. The lowest BCUT2D eigenvalue weighted by molar-refractivity contribution is 0.141. The van der Waals surface area contributed by atoms with Gasteiger partial charge in [0, 0.05) is 6.54 Å². The van der Waals surface area contributed by atoms with Crippen molar-refractivity contribution in [3.8, 4) is 6.07 Å². The first kappa shape index (κ1) is 14.3. The fourth-order valence-corrected chi connectivity index (χ4v) is 2.85. The van der Waals surface area contributed by atoms with E-state index in [2.05, 4.69) is 38.7 Å². The Morgan fingerprint density at radius 2 is 1.94 bits per heavy atom. The third-order valence-electron chi connectivity index (χ3n) is 4.09. The molecule has 1 N–H and O–H groups in total. The summed E-state index contributed by atoms with van der Waals surface area (Å²) in [5, 5.41) is 12.4. The Bertz CT molecular complexity index is 274. The van der Waals surface area contributed by atoms with Crippen molar-refractivity contribution in [2.45, 2.75) is 52.5 Å². The molecule has 2 heteroatoms. The molecule has 1 rings (SSSR count). The van der Waals surface area contributed by atoms with Crippen LogP contribution in [0, 0.1) is 28.6 Å². The van der Waals surface area contributed by atoms with Gasteiger partial charge in [-0.25, -0.2) is 0 Å². The topological polar surface area (TPSA) is 35.8 Å². The van der Waals surface area contributed by atoms with Crippen molar-refractivity contribution >= 4 is 0 Å². The van der Waals surface area contributed by atoms with E-state index in [0.717, 1.165) is 12.5 Å². The summed E-state index contributed by atoms with van der Waals surface area (Å²) < 4.78 is 0. The quantitative estimate of drug-likeness (QED) is 0.756. The highest BCUT2D eigenvalue weighted by Crippen LogP contribution is 2.40. The molecule has 1 unspecified atom stereocenters. The third-order valence-corrected chi connectivity index (χ3v) is 4.09. The van der Waals surface area contributed by atoms with E-state index >= 15 is 0 Å². The van der Waals surface area contributed by atoms with Crippen LogP contribution in [0.5, 0.6) is 0 Å². The molecule has 1 fully saturated rings. The number of nitrogens with zero attached hydrogens (tertiary/aromatic N) is 1. The van der Waals surface area contributed by atoms with Gasteiger partial charge in [-0.05, 0) is 42.9 Å². The lowest BCUT2D eigenvalue weighted by Crippen LogP contribution is -2.38. The molecular formula is C15H26N2. The van der Waals surface area contributed by atoms with Crippen molar-refractivity contribution < 1.29 is 0 Å². The first-order valence-corrected chi connectivity index (χ1v) is 6.73. The van der Waals surface area contributed by atoms with Crippen LogP contribution in [0.1, 0.15) is 46.5 Å². The SMILES string of the molecule is C=CCNC(C#N)C1CCC(C(C)(C)C)CC1. The van der Waals surface area contributed by atoms with E-state index in [1.54, 1.807) is 0 Å². The Morgan fingerprint density at radius 3 is 2.35 bits per heavy atom. The second kappa shape index (κ2) is 6.21. The van der Waals surface area contributed by atoms with Crippen molar-refractivity contribution in [3.63, 3.8) is 0 Å². The number of rotatable bonds is 4. The maximum absolute atomic E-state index is 9.18. The summed E-state index contributed by atoms with van der Waals surface area (Å²) in [6.07, 6.45) is 6.73. The molecule has 0 radical (unpaired) electrons. The smallest absolute Gasteiger partial charge is 0.0983 e. The summed E-state index contributed by atoms with van der Waals surface area (Å²) >= 11 is 0. The first-order valence-electron chi connectivity index (χ1n) is 6.73. The Labute approximate surface area is 106 Å². The lowest BCUT2D eigenvalue weighted by atomic mass is 9.68. The van der Waals surface area contributed by atoms with Crippen LogP contribution in [0.2, 0.25) is 0 Å². The molecule has 0 aliphatic heterocycles. The second-order valence-corrected chi connectivity index (χ2v) is 6.28. The van der Waals surface area contributed by atoms with Gasteiger partial charge in [-0.3, -0.25) is 5.32 Å². The summed E-state index contributed by atoms with van der Waals surface area (Å²) in [6.45, 7) is 11.4. The predicted octanol–water partition coefficient (Wildman–Crippen LogP) is 3.51. The average molecular weight is 234 g/mol. The van der Waals surface area contributed by atoms with Gasteiger partial charge < -0.3 is 0 Å². The van der Waals surface area contributed by atoms with Crippen LogP contribution in [-0.2, 0) is 0 Å². The molecule has 0 aromatic rings. The Morgan fingerprint density at radius 1 is 1.35 bits per heavy atom. The Kier molecular flexibility index (Phi) is 5.21. The molecule has 1 aliphatic carbocycles. The molecule has 0 spiro atoms. The van der Waals surface area contributed by atoms with Crippen LogP contribution in [0.3, 0.4) is 0 Å². The van der Waals surface area contributed by atoms with Crippen LogP contribution < -0.4 is 5.32 Å². The fourth-order valence-electron chi connectivity index (χ4n) is 2.85. The minimum absolute atomic E-state index is 0.00826. The van der Waals surface area contributed by atoms with Gasteiger partial charge in [0.1, 0.15) is 0 Å². The molecule has 96 valence electrons. The van der Waals surface area contributed by atoms with Crippen LogP contribution in [0.15, 0.2) is 12.7 Å². The van der Waals surface area contributed by atoms with Gasteiger partial charge in [0.05, 0.1) is 12.1 Å². The van der Waals surface area contributed by atoms with E-state index in [1.165, 1.54) is 25.7 Å². The number of nitrogens with one attached hydrogen (secondary N) is 1. The summed E-state index contributed by atoms with van der Waals surface area (Å²) in [7, 11) is 0. The minimum Gasteiger partial charge on any atom is -0.298 e. The molecule has 0 heterocycles. The van der Waals surface area contributed by atoms with Crippen molar-refractivity contribution in [1.29, 1.82) is 5.26 Å². The number of hydrogen-bond donors (Lipinski definition) is 1. The molecule has 0 bridgehead atoms. The number of hydrogen-bond acceptors (Lipinski definition) is 2. The van der Waals surface area contributed by atoms with Crippen LogP contribution in [0.25, 0.3) is 0 Å². The molecule has 2 nitrogen and oxygen atoms in total. The van der Waals surface area contributed by atoms with E-state index in [0.29, 0.717) is 11.3 Å². The molecule has 0 aromatic carbocycles. The third kappa shape index (κ3) is 4.16. The molecule has 0 aromatic heterocycles. The monoisotopic (exact) mass is 234 g/mol. The van der Waals surface area contributed by atoms with Gasteiger partial charge in [0.15, 0.2) is 0 Å². The summed E-state index contributed by atoms with van der Waals surface area (Å²) in [4.78, 5) is 0. The van der Waals surface area contributed by atoms with E-state index in [4.69, 9.17) is 0 Å². The summed E-state index contributed by atoms with van der Waals surface area (Å²) in [6, 6.07) is 2.41. The first-order chi connectivity index (χ1) is 7.99. The average Bonchev–Trinajstić information content (AvgIpc) is 2.29. The highest BCUT2D eigenvalue weighted by molar-refractivity contribution is 4.98. The van der Waals surface area contributed by atoms with E-state index in [9.17, 15) is 5.26 Å². The Hall–Kier alpha value is -0.810. The van der Waals surface area contributed by atoms with E-state index < -0.39 is 0 Å². The van der Waals surface area contributed by atoms with Gasteiger partial charge in [-0.15, -0.1) is 6.58 Å². The zero-order valence-electron chi connectivity index (χ0n) is 11.5. The van der Waals surface area contributed by atoms with Crippen molar-refractivity contribution in [1.82, 2.24) is 5.32 Å². The van der Waals surface area contributed by atoms with Crippen LogP contribution in [-0.4, -0.2) is 12.6 Å². The lowest BCUT2D eigenvalue weighted by Gasteiger charge is -2.38. The highest BCUT2D eigenvalue weighted by Gasteiger charge is 2.32. The zero-order chi connectivity index (χ0) is 12.9. The standard InChI is InChI=1S/C15H26N2/c1-5-10-17-14(11-16)12-6-8-13(9-7-12)15(2,3)4/h5,12-14,17H,1,6-10H2,2-4H3. The van der Waals surface area contributed by atoms with E-state index in [1.807, 2.05) is 6.08 Å². The molecule has 0 saturated heterocycles. The summed E-state index contributed by atoms with van der Waals surface area (Å²) in [5.41, 5.74) is 0.418. The van der Waals surface area contributed by atoms with Crippen LogP contribution >= 0.6 is 0 Å². The highest BCUT2D eigenvalue weighted by atomic mass is 14.9. The van der Waals surface area contributed by atoms with Crippen molar-refractivity contribution in [2.24, 2.45) is 17.3 Å². The second-order valence-electron chi connectivity index (χ2n) is 6.28. The van der Waals surface area contributed by atoms with Crippen molar-refractivity contribution in [2.75, 3.05) is 6.54 Å². The molecule has 17 heavy (non-hydrogen) atoms. The zero-order valence-corrected chi connectivity index (χ0v) is 11.5. The molecule has 1 aliphatic rings. The van der Waals surface area contributed by atoms with Gasteiger partial charge in [-0.1, -0.05) is 26.8 Å². The van der Waals surface area contributed by atoms with Gasteiger partial charge >= 0.3 is 0 Å². The number of nitriles is 1. The molecule has 1 saturated carbocycles. The predicted molar refractivity (Wildman–Crippen MR) is 72.5 cm³/mol. The van der Waals surface area contributed by atoms with Gasteiger partial charge in [0.2, 0.25) is 0 Å². The van der Waals surface area contributed by atoms with Crippen LogP contribution in [0.4, 0.5) is 0 Å². The fraction of sp³-hybridized carbons (Fsp3) is 0.800.